The highest BCUT2D eigenvalue weighted by Gasteiger charge is 2.19. The monoisotopic (exact) mass is 289 g/mol. The highest BCUT2D eigenvalue weighted by atomic mass is 16.5. The summed E-state index contributed by atoms with van der Waals surface area (Å²) in [6, 6.07) is 6.44. The van der Waals surface area contributed by atoms with Gasteiger partial charge in [0, 0.05) is 12.1 Å². The predicted octanol–water partition coefficient (Wildman–Crippen LogP) is 1.99. The Morgan fingerprint density at radius 2 is 2.05 bits per heavy atom. The van der Waals surface area contributed by atoms with Crippen LogP contribution in [0.4, 0.5) is 0 Å². The molecule has 0 amide bonds. The predicted molar refractivity (Wildman–Crippen MR) is 79.7 cm³/mol. The molecule has 1 unspecified atom stereocenters. The third kappa shape index (κ3) is 5.52. The maximum atomic E-state index is 11.8. The quantitative estimate of drug-likeness (QED) is 0.450. The van der Waals surface area contributed by atoms with E-state index in [4.69, 9.17) is 9.47 Å². The molecule has 0 aliphatic heterocycles. The van der Waals surface area contributed by atoms with Crippen molar-refractivity contribution < 1.29 is 19.1 Å². The van der Waals surface area contributed by atoms with Gasteiger partial charge in [-0.1, -0.05) is 24.8 Å². The van der Waals surface area contributed by atoms with Gasteiger partial charge in [0.2, 0.25) is 0 Å². The molecule has 0 aliphatic carbocycles. The maximum absolute atomic E-state index is 11.8. The molecule has 0 fully saturated rings. The van der Waals surface area contributed by atoms with E-state index >= 15 is 0 Å². The molecule has 21 heavy (non-hydrogen) atoms. The summed E-state index contributed by atoms with van der Waals surface area (Å²) in [6.07, 6.45) is 3.87. The second-order valence-electron chi connectivity index (χ2n) is 4.37. The van der Waals surface area contributed by atoms with Crippen LogP contribution in [-0.4, -0.2) is 25.6 Å². The minimum absolute atomic E-state index is 0.347. The van der Waals surface area contributed by atoms with Gasteiger partial charge < -0.3 is 14.8 Å². The molecule has 1 aromatic carbocycles. The topological polar surface area (TPSA) is 64.6 Å². The second-order valence-corrected chi connectivity index (χ2v) is 4.37. The smallest absolute Gasteiger partial charge is 0.328 e. The van der Waals surface area contributed by atoms with Crippen LogP contribution in [0.3, 0.4) is 0 Å². The highest BCUT2D eigenvalue weighted by Crippen LogP contribution is 2.13. The van der Waals surface area contributed by atoms with Crippen molar-refractivity contribution in [3.8, 4) is 5.75 Å². The van der Waals surface area contributed by atoms with Crippen LogP contribution >= 0.6 is 0 Å². The van der Waals surface area contributed by atoms with Crippen LogP contribution in [0.5, 0.6) is 5.75 Å². The van der Waals surface area contributed by atoms with Crippen LogP contribution < -0.4 is 10.1 Å². The number of ether oxygens (including phenoxy) is 2. The van der Waals surface area contributed by atoms with Gasteiger partial charge in [-0.3, -0.25) is 4.79 Å². The van der Waals surface area contributed by atoms with Crippen molar-refractivity contribution in [3.63, 3.8) is 0 Å². The normalized spacial score (nSPS) is 12.2. The van der Waals surface area contributed by atoms with Crippen LogP contribution in [-0.2, 0) is 20.7 Å². The van der Waals surface area contributed by atoms with E-state index in [1.54, 1.807) is 36.4 Å². The summed E-state index contributed by atoms with van der Waals surface area (Å²) in [5.41, 5.74) is 1.74. The molecule has 0 saturated heterocycles. The molecule has 0 bridgehead atoms. The van der Waals surface area contributed by atoms with E-state index in [2.05, 4.69) is 11.9 Å². The summed E-state index contributed by atoms with van der Waals surface area (Å²) in [5, 5.41) is 3.08. The van der Waals surface area contributed by atoms with Crippen molar-refractivity contribution >= 4 is 12.4 Å². The Morgan fingerprint density at radius 1 is 1.38 bits per heavy atom. The van der Waals surface area contributed by atoms with Gasteiger partial charge >= 0.3 is 5.97 Å². The average Bonchev–Trinajstić information content (AvgIpc) is 2.48. The molecule has 0 aromatic heterocycles. The molecular formula is C16H19NO4. The third-order valence-electron chi connectivity index (χ3n) is 2.80. The number of rotatable bonds is 8. The Labute approximate surface area is 124 Å². The number of carbonyl (C=O) groups is 2. The van der Waals surface area contributed by atoms with Gasteiger partial charge in [-0.25, -0.2) is 4.79 Å². The number of allylic oxidation sites excluding steroid dienone is 3. The van der Waals surface area contributed by atoms with E-state index in [0.29, 0.717) is 18.6 Å². The first-order valence-electron chi connectivity index (χ1n) is 6.43. The summed E-state index contributed by atoms with van der Waals surface area (Å²) in [4.78, 5) is 22.1. The van der Waals surface area contributed by atoms with Gasteiger partial charge in [0.25, 0.3) is 6.47 Å². The zero-order chi connectivity index (χ0) is 15.7. The molecule has 1 rings (SSSR count). The Balaban J connectivity index is 2.80. The number of methoxy groups -OCH3 is 1. The molecule has 0 heterocycles. The zero-order valence-corrected chi connectivity index (χ0v) is 12.2. The SMILES string of the molecule is C=C/C=C(/C)NC(Cc1ccc(OC=O)cc1)C(=O)OC. The van der Waals surface area contributed by atoms with Crippen molar-refractivity contribution in [2.24, 2.45) is 0 Å². The van der Waals surface area contributed by atoms with Gasteiger partial charge in [0.05, 0.1) is 7.11 Å². The first-order chi connectivity index (χ1) is 10.1. The standard InChI is InChI=1S/C16H19NO4/c1-4-5-12(2)17-15(16(19)20-3)10-13-6-8-14(9-7-13)21-11-18/h4-9,11,15,17H,1,10H2,2-3H3/b12-5-. The summed E-state index contributed by atoms with van der Waals surface area (Å²) < 4.78 is 9.52. The van der Waals surface area contributed by atoms with Crippen molar-refractivity contribution in [2.45, 2.75) is 19.4 Å². The number of esters is 1. The number of hydrogen-bond donors (Lipinski definition) is 1. The highest BCUT2D eigenvalue weighted by molar-refractivity contribution is 5.76. The second kappa shape index (κ2) is 8.58. The van der Waals surface area contributed by atoms with E-state index < -0.39 is 6.04 Å². The minimum Gasteiger partial charge on any atom is -0.467 e. The van der Waals surface area contributed by atoms with E-state index in [0.717, 1.165) is 11.3 Å². The van der Waals surface area contributed by atoms with Crippen LogP contribution in [0, 0.1) is 0 Å². The summed E-state index contributed by atoms with van der Waals surface area (Å²) in [6.45, 7) is 5.83. The molecular weight excluding hydrogens is 270 g/mol. The Hall–Kier alpha value is -2.56. The lowest BCUT2D eigenvalue weighted by molar-refractivity contribution is -0.142. The summed E-state index contributed by atoms with van der Waals surface area (Å²) >= 11 is 0. The largest absolute Gasteiger partial charge is 0.467 e. The molecule has 0 saturated carbocycles. The van der Waals surface area contributed by atoms with Gasteiger partial charge in [-0.05, 0) is 30.7 Å². The first-order valence-corrected chi connectivity index (χ1v) is 6.43. The molecule has 5 nitrogen and oxygen atoms in total. The molecule has 0 spiro atoms. The molecule has 0 radical (unpaired) electrons. The van der Waals surface area contributed by atoms with E-state index in [9.17, 15) is 9.59 Å². The van der Waals surface area contributed by atoms with Gasteiger partial charge in [-0.15, -0.1) is 0 Å². The van der Waals surface area contributed by atoms with Gasteiger partial charge in [0.1, 0.15) is 11.8 Å². The van der Waals surface area contributed by atoms with E-state index in [1.807, 2.05) is 6.92 Å². The number of hydrogen-bond acceptors (Lipinski definition) is 5. The third-order valence-corrected chi connectivity index (χ3v) is 2.80. The van der Waals surface area contributed by atoms with E-state index in [1.165, 1.54) is 7.11 Å². The molecule has 1 atom stereocenters. The van der Waals surface area contributed by atoms with Crippen LogP contribution in [0.2, 0.25) is 0 Å². The molecule has 5 heteroatoms. The van der Waals surface area contributed by atoms with Crippen molar-refractivity contribution in [1.82, 2.24) is 5.32 Å². The van der Waals surface area contributed by atoms with Crippen molar-refractivity contribution in [1.29, 1.82) is 0 Å². The summed E-state index contributed by atoms with van der Waals surface area (Å²) in [7, 11) is 1.35. The Morgan fingerprint density at radius 3 is 2.57 bits per heavy atom. The maximum Gasteiger partial charge on any atom is 0.328 e. The van der Waals surface area contributed by atoms with Gasteiger partial charge in [-0.2, -0.15) is 0 Å². The lowest BCUT2D eigenvalue weighted by Gasteiger charge is -2.18. The molecule has 1 N–H and O–H groups in total. The zero-order valence-electron chi connectivity index (χ0n) is 12.2. The Bertz CT molecular complexity index is 520. The average molecular weight is 289 g/mol. The minimum atomic E-state index is -0.496. The fraction of sp³-hybridized carbons (Fsp3) is 0.250. The fourth-order valence-electron chi connectivity index (χ4n) is 1.83. The van der Waals surface area contributed by atoms with Crippen LogP contribution in [0.25, 0.3) is 0 Å². The number of benzene rings is 1. The first kappa shape index (κ1) is 16.5. The van der Waals surface area contributed by atoms with E-state index in [-0.39, 0.29) is 5.97 Å². The molecule has 112 valence electrons. The lowest BCUT2D eigenvalue weighted by atomic mass is 10.1. The van der Waals surface area contributed by atoms with Crippen LogP contribution in [0.15, 0.2) is 48.7 Å². The van der Waals surface area contributed by atoms with Crippen molar-refractivity contribution in [3.05, 3.63) is 54.3 Å². The van der Waals surface area contributed by atoms with Gasteiger partial charge in [0.15, 0.2) is 0 Å². The fourth-order valence-corrected chi connectivity index (χ4v) is 1.83. The van der Waals surface area contributed by atoms with Crippen molar-refractivity contribution in [2.75, 3.05) is 7.11 Å². The van der Waals surface area contributed by atoms with Crippen LogP contribution in [0.1, 0.15) is 12.5 Å². The lowest BCUT2D eigenvalue weighted by Crippen LogP contribution is -2.38. The Kier molecular flexibility index (Phi) is 6.74. The molecule has 1 aromatic rings. The summed E-state index contributed by atoms with van der Waals surface area (Å²) in [5.74, 6) is 0.110. The number of nitrogens with one attached hydrogen (secondary N) is 1. The number of carbonyl (C=O) groups excluding carboxylic acids is 2. The molecule has 0 aliphatic rings.